The van der Waals surface area contributed by atoms with Crippen molar-refractivity contribution in [3.8, 4) is 0 Å². The van der Waals surface area contributed by atoms with Crippen molar-refractivity contribution in [2.75, 3.05) is 6.61 Å². The molecule has 1 rings (SSSR count). The van der Waals surface area contributed by atoms with Crippen LogP contribution in [-0.4, -0.2) is 23.3 Å². The van der Waals surface area contributed by atoms with Gasteiger partial charge < -0.3 is 4.74 Å². The molecule has 0 radical (unpaired) electrons. The lowest BCUT2D eigenvalue weighted by Crippen LogP contribution is -2.11. The molecular weight excluding hydrogens is 190 g/mol. The third kappa shape index (κ3) is 2.95. The van der Waals surface area contributed by atoms with E-state index in [9.17, 15) is 9.59 Å². The largest absolute Gasteiger partial charge is 0.466 e. The van der Waals surface area contributed by atoms with Gasteiger partial charge in [0.05, 0.1) is 12.1 Å². The first-order valence-corrected chi connectivity index (χ1v) is 4.75. The van der Waals surface area contributed by atoms with Crippen molar-refractivity contribution in [3.05, 3.63) is 16.6 Å². The van der Waals surface area contributed by atoms with E-state index < -0.39 is 5.97 Å². The molecule has 0 aliphatic carbocycles. The van der Waals surface area contributed by atoms with E-state index >= 15 is 0 Å². The van der Waals surface area contributed by atoms with Crippen molar-refractivity contribution in [2.45, 2.75) is 13.3 Å². The highest BCUT2D eigenvalue weighted by Crippen LogP contribution is 2.04. The zero-order chi connectivity index (χ0) is 9.68. The van der Waals surface area contributed by atoms with Crippen LogP contribution < -0.4 is 0 Å². The fraction of sp³-hybridized carbons (Fsp3) is 0.375. The summed E-state index contributed by atoms with van der Waals surface area (Å²) in [4.78, 5) is 25.9. The minimum absolute atomic E-state index is 0.225. The summed E-state index contributed by atoms with van der Waals surface area (Å²) in [6.45, 7) is 1.99. The normalized spacial score (nSPS) is 9.62. The summed E-state index contributed by atoms with van der Waals surface area (Å²) in [5.74, 6) is -0.791. The number of Topliss-reactive ketones (excluding diaryl/α,β-unsaturated/α-hetero) is 1. The molecule has 0 aromatic carbocycles. The van der Waals surface area contributed by atoms with Crippen LogP contribution in [0, 0.1) is 0 Å². The topological polar surface area (TPSA) is 56.3 Å². The number of esters is 1. The number of hydrogen-bond donors (Lipinski definition) is 0. The molecule has 0 N–H and O–H groups in total. The summed E-state index contributed by atoms with van der Waals surface area (Å²) in [5.41, 5.74) is 1.89. The Balaban J connectivity index is 2.47. The second-order valence-corrected chi connectivity index (χ2v) is 3.00. The highest BCUT2D eigenvalue weighted by atomic mass is 32.1. The number of ether oxygens (including phenoxy) is 1. The fourth-order valence-electron chi connectivity index (χ4n) is 0.784. The smallest absolute Gasteiger partial charge is 0.313 e. The summed E-state index contributed by atoms with van der Waals surface area (Å²) in [5, 5.41) is 1.61. The summed E-state index contributed by atoms with van der Waals surface area (Å²) >= 11 is 1.32. The summed E-state index contributed by atoms with van der Waals surface area (Å²) in [6.07, 6.45) is -0.225. The van der Waals surface area contributed by atoms with Crippen LogP contribution in [0.1, 0.15) is 23.8 Å². The number of aromatic nitrogens is 1. The molecule has 0 bridgehead atoms. The average molecular weight is 199 g/mol. The van der Waals surface area contributed by atoms with Gasteiger partial charge >= 0.3 is 5.97 Å². The van der Waals surface area contributed by atoms with Gasteiger partial charge in [-0.05, 0) is 6.92 Å². The van der Waals surface area contributed by atoms with Crippen molar-refractivity contribution in [3.63, 3.8) is 0 Å². The fourth-order valence-corrected chi connectivity index (χ4v) is 1.34. The molecule has 0 spiro atoms. The van der Waals surface area contributed by atoms with Crippen molar-refractivity contribution in [1.82, 2.24) is 4.98 Å². The first-order chi connectivity index (χ1) is 6.24. The molecule has 70 valence electrons. The Labute approximate surface area is 79.6 Å². The zero-order valence-corrected chi connectivity index (χ0v) is 7.97. The highest BCUT2D eigenvalue weighted by molar-refractivity contribution is 7.07. The summed E-state index contributed by atoms with van der Waals surface area (Å²) < 4.78 is 4.63. The Kier molecular flexibility index (Phi) is 3.57. The Morgan fingerprint density at radius 2 is 2.38 bits per heavy atom. The van der Waals surface area contributed by atoms with Gasteiger partial charge in [0.2, 0.25) is 0 Å². The minimum atomic E-state index is -0.500. The standard InChI is InChI=1S/C8H9NO3S/c1-2-12-8(11)3-7(10)6-4-13-5-9-6/h4-5H,2-3H2,1H3. The molecule has 0 aliphatic rings. The molecule has 5 heteroatoms. The molecule has 0 saturated carbocycles. The number of nitrogens with zero attached hydrogens (tertiary/aromatic N) is 1. The van der Waals surface area contributed by atoms with E-state index in [-0.39, 0.29) is 12.2 Å². The van der Waals surface area contributed by atoms with E-state index in [1.807, 2.05) is 0 Å². The predicted molar refractivity (Wildman–Crippen MR) is 47.7 cm³/mol. The van der Waals surface area contributed by atoms with Crippen LogP contribution in [0.5, 0.6) is 0 Å². The maximum Gasteiger partial charge on any atom is 0.313 e. The quantitative estimate of drug-likeness (QED) is 0.416. The molecule has 1 aromatic heterocycles. The van der Waals surface area contributed by atoms with Crippen LogP contribution in [0.4, 0.5) is 0 Å². The number of hydrogen-bond acceptors (Lipinski definition) is 5. The van der Waals surface area contributed by atoms with Gasteiger partial charge in [0.25, 0.3) is 0 Å². The van der Waals surface area contributed by atoms with Gasteiger partial charge in [-0.3, -0.25) is 9.59 Å². The maximum absolute atomic E-state index is 11.2. The van der Waals surface area contributed by atoms with E-state index in [1.165, 1.54) is 11.3 Å². The van der Waals surface area contributed by atoms with E-state index in [0.29, 0.717) is 12.3 Å². The van der Waals surface area contributed by atoms with Crippen molar-refractivity contribution in [1.29, 1.82) is 0 Å². The predicted octanol–water partition coefficient (Wildman–Crippen LogP) is 1.28. The summed E-state index contributed by atoms with van der Waals surface area (Å²) in [7, 11) is 0. The van der Waals surface area contributed by atoms with Gasteiger partial charge in [0.1, 0.15) is 12.1 Å². The Bertz CT molecular complexity index is 294. The summed E-state index contributed by atoms with van der Waals surface area (Å²) in [6, 6.07) is 0. The second-order valence-electron chi connectivity index (χ2n) is 2.28. The van der Waals surface area contributed by atoms with E-state index in [0.717, 1.165) is 0 Å². The molecule has 1 aromatic rings. The molecular formula is C8H9NO3S. The Hall–Kier alpha value is -1.23. The zero-order valence-electron chi connectivity index (χ0n) is 7.15. The van der Waals surface area contributed by atoms with Crippen molar-refractivity contribution >= 4 is 23.1 Å². The van der Waals surface area contributed by atoms with Crippen molar-refractivity contribution < 1.29 is 14.3 Å². The van der Waals surface area contributed by atoms with Crippen molar-refractivity contribution in [2.24, 2.45) is 0 Å². The van der Waals surface area contributed by atoms with E-state index in [4.69, 9.17) is 0 Å². The monoisotopic (exact) mass is 199 g/mol. The van der Waals surface area contributed by atoms with Crippen LogP contribution in [0.2, 0.25) is 0 Å². The number of thiazole rings is 1. The van der Waals surface area contributed by atoms with E-state index in [2.05, 4.69) is 9.72 Å². The molecule has 13 heavy (non-hydrogen) atoms. The van der Waals surface area contributed by atoms with Gasteiger partial charge in [0.15, 0.2) is 5.78 Å². The van der Waals surface area contributed by atoms with Gasteiger partial charge in [0, 0.05) is 5.38 Å². The second kappa shape index (κ2) is 4.71. The molecule has 0 saturated heterocycles. The highest BCUT2D eigenvalue weighted by Gasteiger charge is 2.13. The minimum Gasteiger partial charge on any atom is -0.466 e. The average Bonchev–Trinajstić information content (AvgIpc) is 2.55. The first kappa shape index (κ1) is 9.85. The molecule has 0 fully saturated rings. The lowest BCUT2D eigenvalue weighted by molar-refractivity contribution is -0.141. The van der Waals surface area contributed by atoms with Crippen LogP contribution >= 0.6 is 11.3 Å². The SMILES string of the molecule is CCOC(=O)CC(=O)c1cscn1. The number of ketones is 1. The third-order valence-corrected chi connectivity index (χ3v) is 1.91. The molecule has 0 aliphatic heterocycles. The van der Waals surface area contributed by atoms with Crippen LogP contribution in [0.3, 0.4) is 0 Å². The van der Waals surface area contributed by atoms with Crippen LogP contribution in [0.15, 0.2) is 10.9 Å². The lowest BCUT2D eigenvalue weighted by Gasteiger charge is -1.98. The molecule has 4 nitrogen and oxygen atoms in total. The van der Waals surface area contributed by atoms with Gasteiger partial charge in [-0.25, -0.2) is 4.98 Å². The molecule has 1 heterocycles. The Morgan fingerprint density at radius 3 is 2.92 bits per heavy atom. The van der Waals surface area contributed by atoms with Crippen LogP contribution in [-0.2, 0) is 9.53 Å². The molecule has 0 unspecified atom stereocenters. The molecule has 0 atom stereocenters. The van der Waals surface area contributed by atoms with Gasteiger partial charge in [-0.2, -0.15) is 0 Å². The third-order valence-electron chi connectivity index (χ3n) is 1.33. The van der Waals surface area contributed by atoms with E-state index in [1.54, 1.807) is 17.8 Å². The first-order valence-electron chi connectivity index (χ1n) is 3.81. The number of carbonyl (C=O) groups excluding carboxylic acids is 2. The lowest BCUT2D eigenvalue weighted by atomic mass is 10.2. The van der Waals surface area contributed by atoms with Gasteiger partial charge in [-0.1, -0.05) is 0 Å². The molecule has 0 amide bonds. The number of rotatable bonds is 4. The number of carbonyl (C=O) groups is 2. The van der Waals surface area contributed by atoms with Crippen LogP contribution in [0.25, 0.3) is 0 Å². The maximum atomic E-state index is 11.2. The Morgan fingerprint density at radius 1 is 1.62 bits per heavy atom. The van der Waals surface area contributed by atoms with Gasteiger partial charge in [-0.15, -0.1) is 11.3 Å².